The second kappa shape index (κ2) is 9.89. The number of imide groups is 1. The van der Waals surface area contributed by atoms with Crippen LogP contribution in [0, 0.1) is 0 Å². The van der Waals surface area contributed by atoms with Crippen LogP contribution in [0.1, 0.15) is 6.42 Å². The summed E-state index contributed by atoms with van der Waals surface area (Å²) in [5, 5.41) is 4.07. The number of fused-ring (bicyclic) bond motifs is 1. The molecular weight excluding hydrogens is 525 g/mol. The summed E-state index contributed by atoms with van der Waals surface area (Å²) in [5.41, 5.74) is 1.25. The van der Waals surface area contributed by atoms with Gasteiger partial charge in [-0.1, -0.05) is 53.0 Å². The molecule has 2 aliphatic heterocycles. The van der Waals surface area contributed by atoms with E-state index in [1.54, 1.807) is 72.8 Å². The van der Waals surface area contributed by atoms with Crippen LogP contribution in [0.5, 0.6) is 0 Å². The van der Waals surface area contributed by atoms with Gasteiger partial charge in [0.1, 0.15) is 0 Å². The van der Waals surface area contributed by atoms with Gasteiger partial charge in [0, 0.05) is 33.8 Å². The van der Waals surface area contributed by atoms with Gasteiger partial charge < -0.3 is 5.32 Å². The number of carbonyl (C=O) groups excluding carboxylic acids is 3. The highest BCUT2D eigenvalue weighted by atomic mass is 35.5. The summed E-state index contributed by atoms with van der Waals surface area (Å²) in [5.74, 6) is 0. The number of hydrogen-bond acceptors (Lipinski definition) is 3. The maximum atomic E-state index is 13.9. The van der Waals surface area contributed by atoms with E-state index in [1.807, 2.05) is 0 Å². The van der Waals surface area contributed by atoms with Crippen molar-refractivity contribution in [3.8, 4) is 0 Å². The molecule has 8 nitrogen and oxygen atoms in total. The van der Waals surface area contributed by atoms with Gasteiger partial charge in [0.2, 0.25) is 0 Å². The number of urea groups is 3. The number of rotatable bonds is 3. The van der Waals surface area contributed by atoms with Gasteiger partial charge in [-0.15, -0.1) is 0 Å². The van der Waals surface area contributed by atoms with E-state index in [-0.39, 0.29) is 0 Å². The Morgan fingerprint density at radius 2 is 1.39 bits per heavy atom. The van der Waals surface area contributed by atoms with Crippen LogP contribution in [0.2, 0.25) is 15.1 Å². The van der Waals surface area contributed by atoms with E-state index in [1.165, 1.54) is 14.7 Å². The van der Waals surface area contributed by atoms with Crippen LogP contribution in [0.15, 0.2) is 72.8 Å². The Kier molecular flexibility index (Phi) is 6.66. The van der Waals surface area contributed by atoms with Gasteiger partial charge in [-0.2, -0.15) is 0 Å². The van der Waals surface area contributed by atoms with Crippen LogP contribution < -0.4 is 15.1 Å². The van der Waals surface area contributed by atoms with Gasteiger partial charge in [-0.3, -0.25) is 14.7 Å². The van der Waals surface area contributed by atoms with Crippen LogP contribution in [0.4, 0.5) is 31.4 Å². The maximum absolute atomic E-state index is 13.9. The van der Waals surface area contributed by atoms with E-state index in [9.17, 15) is 14.4 Å². The molecule has 2 fully saturated rings. The first-order valence-electron chi connectivity index (χ1n) is 11.1. The van der Waals surface area contributed by atoms with Gasteiger partial charge >= 0.3 is 18.1 Å². The van der Waals surface area contributed by atoms with E-state index in [4.69, 9.17) is 34.8 Å². The van der Waals surface area contributed by atoms with Gasteiger partial charge in [-0.25, -0.2) is 19.3 Å². The molecule has 11 heteroatoms. The van der Waals surface area contributed by atoms with Gasteiger partial charge in [0.25, 0.3) is 0 Å². The number of nitrogens with one attached hydrogen (secondary N) is 1. The van der Waals surface area contributed by atoms with Crippen molar-refractivity contribution in [2.24, 2.45) is 0 Å². The van der Waals surface area contributed by atoms with Gasteiger partial charge in [0.15, 0.2) is 6.29 Å². The van der Waals surface area contributed by atoms with Crippen molar-refractivity contribution in [3.63, 3.8) is 0 Å². The first-order chi connectivity index (χ1) is 17.3. The lowest BCUT2D eigenvalue weighted by molar-refractivity contribution is 0.0567. The topological polar surface area (TPSA) is 76.2 Å². The predicted octanol–water partition coefficient (Wildman–Crippen LogP) is 6.74. The van der Waals surface area contributed by atoms with Crippen molar-refractivity contribution in [3.05, 3.63) is 87.9 Å². The zero-order chi connectivity index (χ0) is 25.4. The van der Waals surface area contributed by atoms with Gasteiger partial charge in [-0.05, 0) is 61.0 Å². The maximum Gasteiger partial charge on any atom is 0.340 e. The molecule has 2 saturated heterocycles. The Labute approximate surface area is 222 Å². The summed E-state index contributed by atoms with van der Waals surface area (Å²) in [6.07, 6.45) is -0.488. The van der Waals surface area contributed by atoms with Crippen molar-refractivity contribution in [1.82, 2.24) is 9.80 Å². The first kappa shape index (κ1) is 24.2. The van der Waals surface area contributed by atoms with Crippen molar-refractivity contribution >= 4 is 70.0 Å². The lowest BCUT2D eigenvalue weighted by Gasteiger charge is -2.53. The third-order valence-corrected chi connectivity index (χ3v) is 6.62. The smallest absolute Gasteiger partial charge is 0.308 e. The zero-order valence-electron chi connectivity index (χ0n) is 18.8. The highest BCUT2D eigenvalue weighted by molar-refractivity contribution is 6.32. The molecular formula is C25H20Cl3N5O3. The average Bonchev–Trinajstić information content (AvgIpc) is 2.84. The van der Waals surface area contributed by atoms with E-state index in [0.717, 1.165) is 4.90 Å². The van der Waals surface area contributed by atoms with E-state index < -0.39 is 24.4 Å². The minimum atomic E-state index is -1.01. The summed E-state index contributed by atoms with van der Waals surface area (Å²) < 4.78 is 0. The molecule has 0 spiro atoms. The second-order valence-electron chi connectivity index (χ2n) is 8.26. The Bertz CT molecular complexity index is 1350. The highest BCUT2D eigenvalue weighted by Crippen LogP contribution is 2.35. The lowest BCUT2D eigenvalue weighted by atomic mass is 10.2. The number of hydrogen-bond donors (Lipinski definition) is 1. The fourth-order valence-corrected chi connectivity index (χ4v) is 4.93. The number of carbonyl (C=O) groups is 3. The molecule has 1 atom stereocenters. The quantitative estimate of drug-likeness (QED) is 0.397. The molecule has 2 heterocycles. The molecule has 1 N–H and O–H groups in total. The van der Waals surface area contributed by atoms with Crippen LogP contribution in [0.3, 0.4) is 0 Å². The Balaban J connectivity index is 1.57. The number of nitrogens with zero attached hydrogens (tertiary/aromatic N) is 4. The summed E-state index contributed by atoms with van der Waals surface area (Å²) >= 11 is 18.5. The van der Waals surface area contributed by atoms with Crippen LogP contribution in [-0.2, 0) is 0 Å². The molecule has 0 saturated carbocycles. The van der Waals surface area contributed by atoms with E-state index in [0.29, 0.717) is 51.6 Å². The normalized spacial score (nSPS) is 17.8. The van der Waals surface area contributed by atoms with Crippen LogP contribution in [-0.4, -0.2) is 47.3 Å². The number of benzene rings is 3. The molecule has 1 unspecified atom stereocenters. The predicted molar refractivity (Wildman–Crippen MR) is 141 cm³/mol. The standard InChI is InChI=1S/C25H20Cl3N5O3/c26-16-5-1-8-19(13-16)29-22(34)30-11-4-12-31-23(30)32(20-9-2-6-17(27)14-20)25(36)33(24(31)35)21-10-3-7-18(28)15-21/h1-3,5-10,13-15,23H,4,11-12H2,(H,29,34). The summed E-state index contributed by atoms with van der Waals surface area (Å²) in [4.78, 5) is 46.4. The Morgan fingerprint density at radius 1 is 0.778 bits per heavy atom. The molecule has 0 aliphatic carbocycles. The van der Waals surface area contributed by atoms with E-state index in [2.05, 4.69) is 5.32 Å². The largest absolute Gasteiger partial charge is 0.340 e. The monoisotopic (exact) mass is 543 g/mol. The average molecular weight is 545 g/mol. The second-order valence-corrected chi connectivity index (χ2v) is 9.57. The zero-order valence-corrected chi connectivity index (χ0v) is 21.0. The Morgan fingerprint density at radius 3 is 2.06 bits per heavy atom. The minimum absolute atomic E-state index is 0.322. The number of anilines is 3. The molecule has 5 rings (SSSR count). The number of halogens is 3. The molecule has 6 amide bonds. The molecule has 184 valence electrons. The first-order valence-corrected chi connectivity index (χ1v) is 12.2. The van der Waals surface area contributed by atoms with E-state index >= 15 is 0 Å². The fourth-order valence-electron chi connectivity index (χ4n) is 4.37. The highest BCUT2D eigenvalue weighted by Gasteiger charge is 2.50. The molecule has 0 radical (unpaired) electrons. The fraction of sp³-hybridized carbons (Fsp3) is 0.160. The Hall–Kier alpha value is -3.46. The molecule has 3 aromatic carbocycles. The lowest BCUT2D eigenvalue weighted by Crippen LogP contribution is -2.74. The molecule has 2 aliphatic rings. The number of amides is 6. The third kappa shape index (κ3) is 4.55. The molecule has 36 heavy (non-hydrogen) atoms. The van der Waals surface area contributed by atoms with Crippen LogP contribution in [0.25, 0.3) is 0 Å². The summed E-state index contributed by atoms with van der Waals surface area (Å²) in [6.45, 7) is 0.661. The third-order valence-electron chi connectivity index (χ3n) is 5.91. The van der Waals surface area contributed by atoms with Crippen molar-refractivity contribution in [1.29, 1.82) is 0 Å². The summed E-state index contributed by atoms with van der Waals surface area (Å²) in [6, 6.07) is 18.3. The van der Waals surface area contributed by atoms with Crippen molar-refractivity contribution < 1.29 is 14.4 Å². The molecule has 0 aromatic heterocycles. The molecule has 3 aromatic rings. The summed E-state index contributed by atoms with van der Waals surface area (Å²) in [7, 11) is 0. The van der Waals surface area contributed by atoms with Crippen molar-refractivity contribution in [2.45, 2.75) is 12.7 Å². The van der Waals surface area contributed by atoms with Gasteiger partial charge in [0.05, 0.1) is 11.4 Å². The van der Waals surface area contributed by atoms with Crippen LogP contribution >= 0.6 is 34.8 Å². The minimum Gasteiger partial charge on any atom is -0.308 e. The molecule has 0 bridgehead atoms. The SMILES string of the molecule is O=C(Nc1cccc(Cl)c1)N1CCCN2C(=O)N(c3cccc(Cl)c3)C(=O)N(c3cccc(Cl)c3)C12. The van der Waals surface area contributed by atoms with Crippen molar-refractivity contribution in [2.75, 3.05) is 28.2 Å².